The molecule has 0 bridgehead atoms. The molecule has 0 saturated carbocycles. The molecule has 0 fully saturated rings. The summed E-state index contributed by atoms with van der Waals surface area (Å²) >= 11 is 0. The second kappa shape index (κ2) is 6.73. The fourth-order valence-electron chi connectivity index (χ4n) is 1.34. The first-order chi connectivity index (χ1) is 9.75. The molecule has 1 aromatic rings. The van der Waals surface area contributed by atoms with E-state index >= 15 is 0 Å². The van der Waals surface area contributed by atoms with Crippen molar-refractivity contribution >= 4 is 17.9 Å². The number of carbonyl (C=O) groups excluding carboxylic acids is 3. The van der Waals surface area contributed by atoms with Gasteiger partial charge in [-0.3, -0.25) is 10.1 Å². The molecule has 3 amide bonds. The van der Waals surface area contributed by atoms with Crippen LogP contribution in [-0.4, -0.2) is 31.6 Å². The second-order valence-corrected chi connectivity index (χ2v) is 3.75. The summed E-state index contributed by atoms with van der Waals surface area (Å²) in [5, 5.41) is 3.88. The summed E-state index contributed by atoms with van der Waals surface area (Å²) in [5.74, 6) is -2.28. The van der Waals surface area contributed by atoms with Crippen LogP contribution in [-0.2, 0) is 15.7 Å². The minimum atomic E-state index is -4.72. The molecule has 114 valence electrons. The smallest absolute Gasteiger partial charge is 0.417 e. The zero-order valence-electron chi connectivity index (χ0n) is 10.8. The van der Waals surface area contributed by atoms with Crippen molar-refractivity contribution in [2.45, 2.75) is 6.18 Å². The Labute approximate surface area is 117 Å². The molecule has 0 unspecified atom stereocenters. The molecule has 0 spiro atoms. The van der Waals surface area contributed by atoms with Crippen molar-refractivity contribution < 1.29 is 32.3 Å². The normalized spacial score (nSPS) is 10.7. The number of halogens is 3. The summed E-state index contributed by atoms with van der Waals surface area (Å²) < 4.78 is 42.5. The highest BCUT2D eigenvalue weighted by Gasteiger charge is 2.35. The van der Waals surface area contributed by atoms with E-state index in [1.54, 1.807) is 5.32 Å². The van der Waals surface area contributed by atoms with Crippen LogP contribution in [0.2, 0.25) is 0 Å². The molecule has 0 heterocycles. The van der Waals surface area contributed by atoms with E-state index in [1.807, 2.05) is 0 Å². The third kappa shape index (κ3) is 4.79. The highest BCUT2D eigenvalue weighted by atomic mass is 19.4. The molecule has 0 aliphatic rings. The lowest BCUT2D eigenvalue weighted by atomic mass is 10.1. The Hall–Kier alpha value is -2.58. The van der Waals surface area contributed by atoms with Crippen LogP contribution in [0.25, 0.3) is 0 Å². The van der Waals surface area contributed by atoms with Gasteiger partial charge in [0, 0.05) is 7.05 Å². The van der Waals surface area contributed by atoms with Crippen LogP contribution in [0.3, 0.4) is 0 Å². The number of hydrogen-bond acceptors (Lipinski definition) is 4. The van der Waals surface area contributed by atoms with Crippen molar-refractivity contribution in [1.82, 2.24) is 10.6 Å². The topological polar surface area (TPSA) is 84.5 Å². The number of amides is 3. The number of benzene rings is 1. The van der Waals surface area contributed by atoms with Crippen molar-refractivity contribution in [2.24, 2.45) is 0 Å². The number of nitrogens with one attached hydrogen (secondary N) is 2. The van der Waals surface area contributed by atoms with Gasteiger partial charge in [-0.05, 0) is 12.1 Å². The lowest BCUT2D eigenvalue weighted by Gasteiger charge is -2.11. The van der Waals surface area contributed by atoms with Crippen molar-refractivity contribution in [2.75, 3.05) is 13.7 Å². The Balaban J connectivity index is 2.73. The maximum absolute atomic E-state index is 12.7. The average molecular weight is 304 g/mol. The quantitative estimate of drug-likeness (QED) is 0.825. The summed E-state index contributed by atoms with van der Waals surface area (Å²) in [5.41, 5.74) is -1.88. The van der Waals surface area contributed by atoms with Gasteiger partial charge in [0.15, 0.2) is 6.61 Å². The Morgan fingerprint density at radius 3 is 2.38 bits per heavy atom. The number of esters is 1. The van der Waals surface area contributed by atoms with E-state index in [-0.39, 0.29) is 0 Å². The molecule has 0 aromatic heterocycles. The van der Waals surface area contributed by atoms with Crippen molar-refractivity contribution in [3.63, 3.8) is 0 Å². The highest BCUT2D eigenvalue weighted by molar-refractivity contribution is 5.97. The SMILES string of the molecule is CNC(=O)NC(=O)COC(=O)c1ccccc1C(F)(F)F. The van der Waals surface area contributed by atoms with Gasteiger partial charge in [-0.1, -0.05) is 12.1 Å². The van der Waals surface area contributed by atoms with E-state index < -0.39 is 41.8 Å². The molecule has 1 aromatic carbocycles. The minimum Gasteiger partial charge on any atom is -0.452 e. The van der Waals surface area contributed by atoms with Gasteiger partial charge in [0.25, 0.3) is 5.91 Å². The number of hydrogen-bond donors (Lipinski definition) is 2. The van der Waals surface area contributed by atoms with E-state index in [4.69, 9.17) is 0 Å². The van der Waals surface area contributed by atoms with Gasteiger partial charge >= 0.3 is 18.2 Å². The molecule has 0 radical (unpaired) electrons. The third-order valence-corrected chi connectivity index (χ3v) is 2.27. The maximum atomic E-state index is 12.7. The predicted molar refractivity (Wildman–Crippen MR) is 64.3 cm³/mol. The Morgan fingerprint density at radius 1 is 1.19 bits per heavy atom. The Kier molecular flexibility index (Phi) is 5.28. The van der Waals surface area contributed by atoms with E-state index in [1.165, 1.54) is 13.1 Å². The molecular weight excluding hydrogens is 293 g/mol. The second-order valence-electron chi connectivity index (χ2n) is 3.75. The molecule has 9 heteroatoms. The number of urea groups is 1. The maximum Gasteiger partial charge on any atom is 0.417 e. The fourth-order valence-corrected chi connectivity index (χ4v) is 1.34. The van der Waals surface area contributed by atoms with Crippen molar-refractivity contribution in [3.8, 4) is 0 Å². The monoisotopic (exact) mass is 304 g/mol. The molecular formula is C12H11F3N2O4. The van der Waals surface area contributed by atoms with Gasteiger partial charge in [-0.25, -0.2) is 9.59 Å². The van der Waals surface area contributed by atoms with Crippen molar-refractivity contribution in [3.05, 3.63) is 35.4 Å². The highest BCUT2D eigenvalue weighted by Crippen LogP contribution is 2.32. The molecule has 0 saturated heterocycles. The molecule has 0 aliphatic carbocycles. The van der Waals surface area contributed by atoms with Gasteiger partial charge in [-0.2, -0.15) is 13.2 Å². The first kappa shape index (κ1) is 16.5. The van der Waals surface area contributed by atoms with Crippen LogP contribution >= 0.6 is 0 Å². The predicted octanol–water partition coefficient (Wildman–Crippen LogP) is 1.32. The van der Waals surface area contributed by atoms with E-state index in [0.717, 1.165) is 18.2 Å². The van der Waals surface area contributed by atoms with Crippen LogP contribution in [0.5, 0.6) is 0 Å². The van der Waals surface area contributed by atoms with Gasteiger partial charge in [0.1, 0.15) is 0 Å². The number of carbonyl (C=O) groups is 3. The first-order valence-corrected chi connectivity index (χ1v) is 5.60. The first-order valence-electron chi connectivity index (χ1n) is 5.60. The van der Waals surface area contributed by atoms with Gasteiger partial charge < -0.3 is 10.1 Å². The van der Waals surface area contributed by atoms with Gasteiger partial charge in [0.05, 0.1) is 11.1 Å². The van der Waals surface area contributed by atoms with Crippen LogP contribution in [0, 0.1) is 0 Å². The van der Waals surface area contributed by atoms with E-state index in [2.05, 4.69) is 10.1 Å². The van der Waals surface area contributed by atoms with Crippen LogP contribution in [0.15, 0.2) is 24.3 Å². The molecule has 21 heavy (non-hydrogen) atoms. The molecule has 1 rings (SSSR count). The summed E-state index contributed by atoms with van der Waals surface area (Å²) in [6.07, 6.45) is -4.72. The van der Waals surface area contributed by atoms with E-state index in [0.29, 0.717) is 0 Å². The molecule has 0 atom stereocenters. The number of imide groups is 1. The standard InChI is InChI=1S/C12H11F3N2O4/c1-16-11(20)17-9(18)6-21-10(19)7-4-2-3-5-8(7)12(13,14)15/h2-5H,6H2,1H3,(H2,16,17,18,20). The fraction of sp³-hybridized carbons (Fsp3) is 0.250. The van der Waals surface area contributed by atoms with Crippen LogP contribution < -0.4 is 10.6 Å². The van der Waals surface area contributed by atoms with E-state index in [9.17, 15) is 27.6 Å². The van der Waals surface area contributed by atoms with Crippen LogP contribution in [0.1, 0.15) is 15.9 Å². The van der Waals surface area contributed by atoms with Gasteiger partial charge in [-0.15, -0.1) is 0 Å². The average Bonchev–Trinajstić information content (AvgIpc) is 2.43. The molecule has 6 nitrogen and oxygen atoms in total. The lowest BCUT2D eigenvalue weighted by molar-refractivity contribution is -0.138. The number of rotatable bonds is 3. The largest absolute Gasteiger partial charge is 0.452 e. The van der Waals surface area contributed by atoms with Gasteiger partial charge in [0.2, 0.25) is 0 Å². The molecule has 0 aliphatic heterocycles. The summed E-state index contributed by atoms with van der Waals surface area (Å²) in [7, 11) is 1.26. The van der Waals surface area contributed by atoms with Crippen molar-refractivity contribution in [1.29, 1.82) is 0 Å². The zero-order chi connectivity index (χ0) is 16.0. The van der Waals surface area contributed by atoms with Crippen LogP contribution in [0.4, 0.5) is 18.0 Å². The Bertz CT molecular complexity index is 558. The number of ether oxygens (including phenoxy) is 1. The minimum absolute atomic E-state index is 0.710. The summed E-state index contributed by atoms with van der Waals surface area (Å²) in [6.45, 7) is -0.877. The summed E-state index contributed by atoms with van der Waals surface area (Å²) in [4.78, 5) is 33.5. The number of alkyl halides is 3. The summed E-state index contributed by atoms with van der Waals surface area (Å²) in [6, 6.07) is 3.18. The molecule has 2 N–H and O–H groups in total. The third-order valence-electron chi connectivity index (χ3n) is 2.27. The Morgan fingerprint density at radius 2 is 1.81 bits per heavy atom. The lowest BCUT2D eigenvalue weighted by Crippen LogP contribution is -2.39. The zero-order valence-corrected chi connectivity index (χ0v) is 10.8.